The van der Waals surface area contributed by atoms with Crippen LogP contribution in [-0.4, -0.2) is 28.1 Å². The van der Waals surface area contributed by atoms with Crippen LogP contribution < -0.4 is 4.74 Å². The van der Waals surface area contributed by atoms with Crippen molar-refractivity contribution in [1.82, 2.24) is 4.90 Å². The van der Waals surface area contributed by atoms with Crippen molar-refractivity contribution in [3.63, 3.8) is 0 Å². The zero-order valence-corrected chi connectivity index (χ0v) is 19.9. The van der Waals surface area contributed by atoms with E-state index in [9.17, 15) is 14.0 Å². The van der Waals surface area contributed by atoms with Gasteiger partial charge in [0.15, 0.2) is 0 Å². The van der Waals surface area contributed by atoms with Crippen molar-refractivity contribution in [2.45, 2.75) is 36.6 Å². The molecule has 3 aromatic carbocycles. The molecule has 4 rings (SSSR count). The van der Waals surface area contributed by atoms with Crippen LogP contribution in [0.3, 0.4) is 0 Å². The molecule has 1 aliphatic rings. The van der Waals surface area contributed by atoms with Gasteiger partial charge in [0.2, 0.25) is 11.8 Å². The van der Waals surface area contributed by atoms with Crippen LogP contribution in [0.5, 0.6) is 5.75 Å². The van der Waals surface area contributed by atoms with Gasteiger partial charge in [-0.05, 0) is 47.4 Å². The molecular formula is C27H25BrFNO3. The van der Waals surface area contributed by atoms with Crippen LogP contribution >= 0.6 is 15.9 Å². The lowest BCUT2D eigenvalue weighted by Gasteiger charge is -2.17. The molecule has 2 amide bonds. The Labute approximate surface area is 201 Å². The topological polar surface area (TPSA) is 46.6 Å². The fourth-order valence-corrected chi connectivity index (χ4v) is 4.31. The molecule has 170 valence electrons. The Kier molecular flexibility index (Phi) is 7.23. The molecule has 0 saturated carbocycles. The highest BCUT2D eigenvalue weighted by Gasteiger charge is 2.48. The van der Waals surface area contributed by atoms with Crippen molar-refractivity contribution in [1.29, 1.82) is 0 Å². The molecule has 4 nitrogen and oxygen atoms in total. The Balaban J connectivity index is 1.58. The highest BCUT2D eigenvalue weighted by atomic mass is 79.9. The fourth-order valence-electron chi connectivity index (χ4n) is 4.11. The van der Waals surface area contributed by atoms with E-state index in [0.29, 0.717) is 30.9 Å². The van der Waals surface area contributed by atoms with E-state index in [1.165, 1.54) is 17.0 Å². The summed E-state index contributed by atoms with van der Waals surface area (Å²) in [6.07, 6.45) is 0.659. The molecule has 3 aromatic rings. The van der Waals surface area contributed by atoms with Crippen molar-refractivity contribution < 1.29 is 18.7 Å². The molecule has 1 saturated heterocycles. The summed E-state index contributed by atoms with van der Waals surface area (Å²) in [5, 5.41) is 0. The summed E-state index contributed by atoms with van der Waals surface area (Å²) >= 11 is 3.48. The van der Waals surface area contributed by atoms with Crippen LogP contribution in [0.4, 0.5) is 4.39 Å². The van der Waals surface area contributed by atoms with Crippen LogP contribution in [-0.2, 0) is 16.2 Å². The van der Waals surface area contributed by atoms with Crippen molar-refractivity contribution in [3.8, 4) is 5.75 Å². The van der Waals surface area contributed by atoms with E-state index in [1.54, 1.807) is 12.1 Å². The maximum Gasteiger partial charge on any atom is 0.237 e. The molecule has 0 radical (unpaired) electrons. The van der Waals surface area contributed by atoms with Crippen LogP contribution in [0.25, 0.3) is 0 Å². The fraction of sp³-hybridized carbons (Fsp3) is 0.259. The zero-order valence-electron chi connectivity index (χ0n) is 18.3. The van der Waals surface area contributed by atoms with Crippen molar-refractivity contribution >= 4 is 27.7 Å². The van der Waals surface area contributed by atoms with Gasteiger partial charge in [0.05, 0.1) is 11.8 Å². The standard InChI is InChI=1S/C27H25BrFNO3/c1-18(28)15-16-30-26(31)24(20-7-11-22(29)12-8-20)25(27(30)32)21-9-13-23(14-10-21)33-17-19-5-3-2-4-6-19/h2-14,18,24-25H,15-17H2,1H3. The van der Waals surface area contributed by atoms with Crippen LogP contribution in [0.2, 0.25) is 0 Å². The van der Waals surface area contributed by atoms with E-state index in [4.69, 9.17) is 4.74 Å². The number of rotatable bonds is 8. The third-order valence-electron chi connectivity index (χ3n) is 5.86. The molecule has 1 aliphatic heterocycles. The minimum absolute atomic E-state index is 0.183. The third-order valence-corrected chi connectivity index (χ3v) is 6.32. The van der Waals surface area contributed by atoms with Crippen molar-refractivity contribution in [3.05, 3.63) is 101 Å². The Morgan fingerprint density at radius 2 is 1.42 bits per heavy atom. The number of alkyl halides is 1. The number of benzene rings is 3. The largest absolute Gasteiger partial charge is 0.489 e. The molecular weight excluding hydrogens is 485 g/mol. The number of likely N-dealkylation sites (tertiary alicyclic amines) is 1. The third kappa shape index (κ3) is 5.33. The second-order valence-electron chi connectivity index (χ2n) is 8.25. The molecule has 3 atom stereocenters. The maximum absolute atomic E-state index is 13.5. The second-order valence-corrected chi connectivity index (χ2v) is 9.81. The zero-order chi connectivity index (χ0) is 23.4. The van der Waals surface area contributed by atoms with Gasteiger partial charge in [0.25, 0.3) is 0 Å². The van der Waals surface area contributed by atoms with Gasteiger partial charge in [-0.3, -0.25) is 14.5 Å². The normalized spacial score (nSPS) is 19.1. The number of amides is 2. The first-order valence-corrected chi connectivity index (χ1v) is 11.9. The minimum atomic E-state index is -0.681. The number of hydrogen-bond donors (Lipinski definition) is 0. The summed E-state index contributed by atoms with van der Waals surface area (Å²) in [4.78, 5) is 28.2. The van der Waals surface area contributed by atoms with Crippen molar-refractivity contribution in [2.75, 3.05) is 6.54 Å². The lowest BCUT2D eigenvalue weighted by atomic mass is 9.83. The average Bonchev–Trinajstić information content (AvgIpc) is 3.07. The lowest BCUT2D eigenvalue weighted by Crippen LogP contribution is -2.32. The number of halogens is 2. The molecule has 0 spiro atoms. The molecule has 6 heteroatoms. The Morgan fingerprint density at radius 3 is 1.97 bits per heavy atom. The van der Waals surface area contributed by atoms with E-state index in [2.05, 4.69) is 15.9 Å². The number of nitrogens with zero attached hydrogens (tertiary/aromatic N) is 1. The molecule has 1 fully saturated rings. The van der Waals surface area contributed by atoms with Crippen molar-refractivity contribution in [2.24, 2.45) is 0 Å². The van der Waals surface area contributed by atoms with E-state index in [0.717, 1.165) is 11.1 Å². The second kappa shape index (κ2) is 10.3. The van der Waals surface area contributed by atoms with E-state index in [1.807, 2.05) is 61.5 Å². The maximum atomic E-state index is 13.5. The first-order valence-electron chi connectivity index (χ1n) is 11.0. The van der Waals surface area contributed by atoms with Gasteiger partial charge >= 0.3 is 0 Å². The first kappa shape index (κ1) is 23.2. The Hall–Kier alpha value is -2.99. The highest BCUT2D eigenvalue weighted by molar-refractivity contribution is 9.09. The van der Waals surface area contributed by atoms with Gasteiger partial charge in [0, 0.05) is 11.4 Å². The number of carbonyl (C=O) groups excluding carboxylic acids is 2. The van der Waals surface area contributed by atoms with Crippen LogP contribution in [0.1, 0.15) is 41.9 Å². The van der Waals surface area contributed by atoms with Gasteiger partial charge < -0.3 is 4.74 Å². The summed E-state index contributed by atoms with van der Waals surface area (Å²) in [6.45, 7) is 2.77. The van der Waals surface area contributed by atoms with Gasteiger partial charge in [0.1, 0.15) is 18.2 Å². The Bertz CT molecular complexity index is 1100. The van der Waals surface area contributed by atoms with E-state index >= 15 is 0 Å². The van der Waals surface area contributed by atoms with E-state index < -0.39 is 11.8 Å². The van der Waals surface area contributed by atoms with E-state index in [-0.39, 0.29) is 22.5 Å². The quantitative estimate of drug-likeness (QED) is 0.284. The molecule has 33 heavy (non-hydrogen) atoms. The molecule has 3 unspecified atom stereocenters. The molecule has 0 aliphatic carbocycles. The Morgan fingerprint density at radius 1 is 0.879 bits per heavy atom. The predicted molar refractivity (Wildman–Crippen MR) is 129 cm³/mol. The number of ether oxygens (including phenoxy) is 1. The summed E-state index contributed by atoms with van der Waals surface area (Å²) < 4.78 is 19.4. The molecule has 0 N–H and O–H groups in total. The van der Waals surface area contributed by atoms with Gasteiger partial charge in [-0.25, -0.2) is 4.39 Å². The molecule has 0 aromatic heterocycles. The van der Waals surface area contributed by atoms with Gasteiger partial charge in [-0.1, -0.05) is 77.5 Å². The molecule has 1 heterocycles. The highest BCUT2D eigenvalue weighted by Crippen LogP contribution is 2.42. The summed E-state index contributed by atoms with van der Waals surface area (Å²) in [6, 6.07) is 23.0. The first-order chi connectivity index (χ1) is 15.9. The predicted octanol–water partition coefficient (Wildman–Crippen LogP) is 5.81. The van der Waals surface area contributed by atoms with Gasteiger partial charge in [-0.15, -0.1) is 0 Å². The smallest absolute Gasteiger partial charge is 0.237 e. The summed E-state index contributed by atoms with van der Waals surface area (Å²) in [5.74, 6) is -1.49. The monoisotopic (exact) mass is 509 g/mol. The number of hydrogen-bond acceptors (Lipinski definition) is 3. The minimum Gasteiger partial charge on any atom is -0.489 e. The molecule has 0 bridgehead atoms. The lowest BCUT2D eigenvalue weighted by molar-refractivity contribution is -0.139. The average molecular weight is 510 g/mol. The van der Waals surface area contributed by atoms with Crippen LogP contribution in [0, 0.1) is 5.82 Å². The number of imide groups is 1. The summed E-state index contributed by atoms with van der Waals surface area (Å²) in [5.41, 5.74) is 2.44. The SMILES string of the molecule is CC(Br)CCN1C(=O)C(c2ccc(F)cc2)C(c2ccc(OCc3ccccc3)cc2)C1=O. The number of carbonyl (C=O) groups is 2. The van der Waals surface area contributed by atoms with Crippen LogP contribution in [0.15, 0.2) is 78.9 Å². The van der Waals surface area contributed by atoms with Gasteiger partial charge in [-0.2, -0.15) is 0 Å². The summed E-state index contributed by atoms with van der Waals surface area (Å²) in [7, 11) is 0.